The number of hydrogen-bond acceptors (Lipinski definition) is 2. The largest absolute Gasteiger partial charge is 0.350 e. The first-order chi connectivity index (χ1) is 8.44. The van der Waals surface area contributed by atoms with Crippen molar-refractivity contribution >= 4 is 0 Å². The normalized spacial score (nSPS) is 29.3. The number of allylic oxidation sites excluding steroid dienone is 1. The van der Waals surface area contributed by atoms with E-state index in [0.29, 0.717) is 5.41 Å². The van der Waals surface area contributed by atoms with Crippen molar-refractivity contribution in [3.05, 3.63) is 12.2 Å². The van der Waals surface area contributed by atoms with Gasteiger partial charge in [0, 0.05) is 5.41 Å². The Morgan fingerprint density at radius 2 is 2.00 bits per heavy atom. The van der Waals surface area contributed by atoms with Gasteiger partial charge in [0.25, 0.3) is 0 Å². The predicted octanol–water partition coefficient (Wildman–Crippen LogP) is 4.30. The maximum atomic E-state index is 6.07. The first-order valence-electron chi connectivity index (χ1n) is 7.42. The molecule has 1 aliphatic heterocycles. The molecule has 2 nitrogen and oxygen atoms in total. The summed E-state index contributed by atoms with van der Waals surface area (Å²) in [5.74, 6) is 0.396. The van der Waals surface area contributed by atoms with Gasteiger partial charge in [-0.2, -0.15) is 0 Å². The average molecular weight is 252 g/mol. The lowest BCUT2D eigenvalue weighted by Gasteiger charge is -2.40. The monoisotopic (exact) mass is 252 g/mol. The van der Waals surface area contributed by atoms with Crippen molar-refractivity contribution in [1.29, 1.82) is 0 Å². The van der Waals surface area contributed by atoms with Crippen LogP contribution in [0.25, 0.3) is 0 Å². The van der Waals surface area contributed by atoms with Crippen LogP contribution in [0.2, 0.25) is 0 Å². The molecule has 0 amide bonds. The van der Waals surface area contributed by atoms with Gasteiger partial charge < -0.3 is 9.47 Å². The first kappa shape index (κ1) is 14.1. The molecule has 2 fully saturated rings. The quantitative estimate of drug-likeness (QED) is 0.536. The molecule has 0 bridgehead atoms. The lowest BCUT2D eigenvalue weighted by atomic mass is 9.97. The summed E-state index contributed by atoms with van der Waals surface area (Å²) in [6.07, 6.45) is 11.2. The highest BCUT2D eigenvalue weighted by molar-refractivity contribution is 5.10. The summed E-state index contributed by atoms with van der Waals surface area (Å²) in [4.78, 5) is 0. The summed E-state index contributed by atoms with van der Waals surface area (Å²) in [5, 5.41) is 0. The van der Waals surface area contributed by atoms with Crippen molar-refractivity contribution in [2.24, 2.45) is 11.3 Å². The van der Waals surface area contributed by atoms with Gasteiger partial charge in [0.2, 0.25) is 0 Å². The average Bonchev–Trinajstić information content (AvgIpc) is 3.04. The van der Waals surface area contributed by atoms with Crippen molar-refractivity contribution < 1.29 is 9.47 Å². The fraction of sp³-hybridized carbons (Fsp3) is 0.875. The van der Waals surface area contributed by atoms with Gasteiger partial charge in [0.1, 0.15) is 0 Å². The SMILES string of the molecule is CC(C)CCC/C=C/[C@H]1OC(C)(C)OCC12CC2. The van der Waals surface area contributed by atoms with Crippen molar-refractivity contribution in [2.45, 2.75) is 71.7 Å². The molecule has 1 atom stereocenters. The molecule has 1 spiro atoms. The summed E-state index contributed by atoms with van der Waals surface area (Å²) in [6.45, 7) is 9.46. The maximum absolute atomic E-state index is 6.07. The Hall–Kier alpha value is -0.340. The van der Waals surface area contributed by atoms with Crippen LogP contribution in [0.3, 0.4) is 0 Å². The molecule has 1 saturated carbocycles. The minimum Gasteiger partial charge on any atom is -0.350 e. The molecule has 0 unspecified atom stereocenters. The van der Waals surface area contributed by atoms with Crippen molar-refractivity contribution in [2.75, 3.05) is 6.61 Å². The van der Waals surface area contributed by atoms with Crippen LogP contribution in [0, 0.1) is 11.3 Å². The summed E-state index contributed by atoms with van der Waals surface area (Å²) in [6, 6.07) is 0. The fourth-order valence-electron chi connectivity index (χ4n) is 2.56. The molecule has 2 rings (SSSR count). The van der Waals surface area contributed by atoms with Crippen LogP contribution in [-0.4, -0.2) is 18.5 Å². The van der Waals surface area contributed by atoms with Crippen LogP contribution >= 0.6 is 0 Å². The Kier molecular flexibility index (Phi) is 4.18. The second-order valence-corrected chi connectivity index (χ2v) is 6.84. The van der Waals surface area contributed by atoms with Gasteiger partial charge >= 0.3 is 0 Å². The molecule has 1 saturated heterocycles. The molecule has 1 aliphatic carbocycles. The van der Waals surface area contributed by atoms with Gasteiger partial charge in [-0.1, -0.05) is 32.4 Å². The third-order valence-electron chi connectivity index (χ3n) is 4.08. The Balaban J connectivity index is 1.81. The standard InChI is InChI=1S/C16H28O2/c1-13(2)8-6-5-7-9-14-16(10-11-16)12-17-15(3,4)18-14/h7,9,13-14H,5-6,8,10-12H2,1-4H3/b9-7+/t14-/m1/s1. The van der Waals surface area contributed by atoms with E-state index in [9.17, 15) is 0 Å². The first-order valence-corrected chi connectivity index (χ1v) is 7.42. The highest BCUT2D eigenvalue weighted by Crippen LogP contribution is 2.54. The number of ether oxygens (including phenoxy) is 2. The highest BCUT2D eigenvalue weighted by atomic mass is 16.7. The van der Waals surface area contributed by atoms with Crippen LogP contribution in [0.1, 0.15) is 59.8 Å². The molecule has 0 aromatic carbocycles. The van der Waals surface area contributed by atoms with E-state index in [2.05, 4.69) is 26.0 Å². The Morgan fingerprint density at radius 3 is 2.61 bits per heavy atom. The molecule has 2 heteroatoms. The van der Waals surface area contributed by atoms with Crippen LogP contribution in [0.5, 0.6) is 0 Å². The molecule has 1 heterocycles. The van der Waals surface area contributed by atoms with Crippen LogP contribution < -0.4 is 0 Å². The topological polar surface area (TPSA) is 18.5 Å². The summed E-state index contributed by atoms with van der Waals surface area (Å²) >= 11 is 0. The van der Waals surface area contributed by atoms with E-state index in [-0.39, 0.29) is 6.10 Å². The Morgan fingerprint density at radius 1 is 1.28 bits per heavy atom. The van der Waals surface area contributed by atoms with Gasteiger partial charge in [0.15, 0.2) is 5.79 Å². The van der Waals surface area contributed by atoms with Crippen LogP contribution in [0.4, 0.5) is 0 Å². The highest BCUT2D eigenvalue weighted by Gasteiger charge is 2.54. The second-order valence-electron chi connectivity index (χ2n) is 6.84. The summed E-state index contributed by atoms with van der Waals surface area (Å²) in [7, 11) is 0. The smallest absolute Gasteiger partial charge is 0.163 e. The van der Waals surface area contributed by atoms with E-state index in [1.165, 1.54) is 32.1 Å². The van der Waals surface area contributed by atoms with Crippen LogP contribution in [-0.2, 0) is 9.47 Å². The van der Waals surface area contributed by atoms with E-state index >= 15 is 0 Å². The predicted molar refractivity (Wildman–Crippen MR) is 74.4 cm³/mol. The third kappa shape index (κ3) is 3.58. The Labute approximate surface area is 112 Å². The minimum atomic E-state index is -0.416. The van der Waals surface area contributed by atoms with Crippen molar-refractivity contribution in [3.8, 4) is 0 Å². The minimum absolute atomic E-state index is 0.264. The molecule has 18 heavy (non-hydrogen) atoms. The zero-order valence-corrected chi connectivity index (χ0v) is 12.4. The molecule has 0 N–H and O–H groups in total. The molecule has 104 valence electrons. The number of hydrogen-bond donors (Lipinski definition) is 0. The van der Waals surface area contributed by atoms with Gasteiger partial charge in [-0.15, -0.1) is 0 Å². The van der Waals surface area contributed by atoms with Gasteiger partial charge in [-0.3, -0.25) is 0 Å². The molecule has 0 aromatic rings. The second kappa shape index (κ2) is 5.34. The van der Waals surface area contributed by atoms with E-state index < -0.39 is 5.79 Å². The lowest BCUT2D eigenvalue weighted by Crippen LogP contribution is -2.46. The molecule has 2 aliphatic rings. The van der Waals surface area contributed by atoms with Crippen LogP contribution in [0.15, 0.2) is 12.2 Å². The molecule has 0 aromatic heterocycles. The number of unbranched alkanes of at least 4 members (excludes halogenated alkanes) is 1. The van der Waals surface area contributed by atoms with Crippen molar-refractivity contribution in [1.82, 2.24) is 0 Å². The van der Waals surface area contributed by atoms with E-state index in [1.54, 1.807) is 0 Å². The van der Waals surface area contributed by atoms with Gasteiger partial charge in [0.05, 0.1) is 12.7 Å². The lowest BCUT2D eigenvalue weighted by molar-refractivity contribution is -0.288. The van der Waals surface area contributed by atoms with Gasteiger partial charge in [-0.25, -0.2) is 0 Å². The molecule has 0 radical (unpaired) electrons. The van der Waals surface area contributed by atoms with E-state index in [4.69, 9.17) is 9.47 Å². The zero-order chi connectivity index (χ0) is 13.2. The van der Waals surface area contributed by atoms with Crippen molar-refractivity contribution in [3.63, 3.8) is 0 Å². The molecular weight excluding hydrogens is 224 g/mol. The summed E-state index contributed by atoms with van der Waals surface area (Å²) in [5.41, 5.74) is 0.310. The van der Waals surface area contributed by atoms with E-state index in [1.807, 2.05) is 13.8 Å². The molecular formula is C16H28O2. The fourth-order valence-corrected chi connectivity index (χ4v) is 2.56. The Bertz CT molecular complexity index is 300. The number of rotatable bonds is 5. The van der Waals surface area contributed by atoms with E-state index in [0.717, 1.165) is 12.5 Å². The maximum Gasteiger partial charge on any atom is 0.163 e. The summed E-state index contributed by atoms with van der Waals surface area (Å²) < 4.78 is 11.8. The van der Waals surface area contributed by atoms with Gasteiger partial charge in [-0.05, 0) is 45.4 Å². The zero-order valence-electron chi connectivity index (χ0n) is 12.4. The third-order valence-corrected chi connectivity index (χ3v) is 4.08.